The molecule has 0 aromatic rings. The van der Waals surface area contributed by atoms with E-state index in [0.29, 0.717) is 5.41 Å². The van der Waals surface area contributed by atoms with Crippen molar-refractivity contribution < 1.29 is 4.74 Å². The van der Waals surface area contributed by atoms with Gasteiger partial charge in [0, 0.05) is 26.3 Å². The largest absolute Gasteiger partial charge is 0.382 e. The molecule has 1 aliphatic heterocycles. The van der Waals surface area contributed by atoms with E-state index in [2.05, 4.69) is 26.1 Å². The van der Waals surface area contributed by atoms with Crippen molar-refractivity contribution in [3.63, 3.8) is 0 Å². The van der Waals surface area contributed by atoms with E-state index in [1.54, 1.807) is 0 Å². The first-order valence-electron chi connectivity index (χ1n) is 5.00. The Morgan fingerprint density at radius 3 is 2.42 bits per heavy atom. The Kier molecular flexibility index (Phi) is 3.53. The van der Waals surface area contributed by atoms with Gasteiger partial charge in [0.1, 0.15) is 0 Å². The molecule has 1 rings (SSSR count). The highest BCUT2D eigenvalue weighted by molar-refractivity contribution is 4.94. The van der Waals surface area contributed by atoms with Crippen LogP contribution in [0.4, 0.5) is 0 Å². The maximum absolute atomic E-state index is 5.39. The van der Waals surface area contributed by atoms with Crippen molar-refractivity contribution in [2.75, 3.05) is 26.3 Å². The molecule has 0 aliphatic carbocycles. The third-order valence-corrected chi connectivity index (χ3v) is 3.13. The minimum Gasteiger partial charge on any atom is -0.382 e. The summed E-state index contributed by atoms with van der Waals surface area (Å²) in [6, 6.07) is 0. The van der Waals surface area contributed by atoms with Crippen LogP contribution >= 0.6 is 0 Å². The summed E-state index contributed by atoms with van der Waals surface area (Å²) in [6.07, 6.45) is 1.21. The smallest absolute Gasteiger partial charge is 0.0472 e. The highest BCUT2D eigenvalue weighted by atomic mass is 16.5. The van der Waals surface area contributed by atoms with Crippen LogP contribution < -0.4 is 5.32 Å². The van der Waals surface area contributed by atoms with Crippen molar-refractivity contribution in [3.8, 4) is 0 Å². The van der Waals surface area contributed by atoms with E-state index in [4.69, 9.17) is 4.74 Å². The van der Waals surface area contributed by atoms with Crippen LogP contribution in [0.2, 0.25) is 0 Å². The molecule has 0 saturated carbocycles. The van der Waals surface area contributed by atoms with Gasteiger partial charge in [-0.3, -0.25) is 0 Å². The predicted octanol–water partition coefficient (Wildman–Crippen LogP) is 1.66. The van der Waals surface area contributed by atoms with E-state index in [1.807, 2.05) is 0 Å². The maximum atomic E-state index is 5.39. The first kappa shape index (κ1) is 10.0. The summed E-state index contributed by atoms with van der Waals surface area (Å²) >= 11 is 0. The number of rotatable bonds is 5. The van der Waals surface area contributed by atoms with Crippen LogP contribution in [-0.2, 0) is 4.74 Å². The zero-order chi connectivity index (χ0) is 9.03. The number of nitrogens with one attached hydrogen (secondary N) is 1. The number of hydrogen-bond donors (Lipinski definition) is 1. The standard InChI is InChI=1S/C10H21NO/c1-4-12-6-5-10(9(2)3)7-11-8-10/h9,11H,4-8H2,1-3H3. The van der Waals surface area contributed by atoms with Gasteiger partial charge in [0.15, 0.2) is 0 Å². The van der Waals surface area contributed by atoms with Gasteiger partial charge in [-0.25, -0.2) is 0 Å². The van der Waals surface area contributed by atoms with Crippen molar-refractivity contribution in [1.29, 1.82) is 0 Å². The van der Waals surface area contributed by atoms with Crippen molar-refractivity contribution in [2.45, 2.75) is 27.2 Å². The molecule has 0 unspecified atom stereocenters. The van der Waals surface area contributed by atoms with Crippen LogP contribution in [0, 0.1) is 11.3 Å². The van der Waals surface area contributed by atoms with Gasteiger partial charge in [0.25, 0.3) is 0 Å². The lowest BCUT2D eigenvalue weighted by molar-refractivity contribution is 0.0372. The molecule has 1 saturated heterocycles. The van der Waals surface area contributed by atoms with E-state index >= 15 is 0 Å². The van der Waals surface area contributed by atoms with Gasteiger partial charge in [-0.1, -0.05) is 13.8 Å². The topological polar surface area (TPSA) is 21.3 Å². The summed E-state index contributed by atoms with van der Waals surface area (Å²) in [5, 5.41) is 3.35. The lowest BCUT2D eigenvalue weighted by atomic mass is 9.70. The number of ether oxygens (including phenoxy) is 1. The SMILES string of the molecule is CCOCCC1(C(C)C)CNC1. The van der Waals surface area contributed by atoms with Crippen molar-refractivity contribution in [2.24, 2.45) is 11.3 Å². The van der Waals surface area contributed by atoms with Gasteiger partial charge in [0.2, 0.25) is 0 Å². The molecule has 1 heterocycles. The fourth-order valence-corrected chi connectivity index (χ4v) is 1.74. The maximum Gasteiger partial charge on any atom is 0.0472 e. The molecule has 2 nitrogen and oxygen atoms in total. The van der Waals surface area contributed by atoms with E-state index in [-0.39, 0.29) is 0 Å². The predicted molar refractivity (Wildman–Crippen MR) is 51.3 cm³/mol. The summed E-state index contributed by atoms with van der Waals surface area (Å²) in [6.45, 7) is 10.8. The summed E-state index contributed by atoms with van der Waals surface area (Å²) in [5.74, 6) is 0.777. The summed E-state index contributed by atoms with van der Waals surface area (Å²) in [7, 11) is 0. The van der Waals surface area contributed by atoms with E-state index < -0.39 is 0 Å². The Bertz CT molecular complexity index is 130. The second-order valence-electron chi connectivity index (χ2n) is 4.07. The quantitative estimate of drug-likeness (QED) is 0.635. The second-order valence-corrected chi connectivity index (χ2v) is 4.07. The molecule has 0 radical (unpaired) electrons. The zero-order valence-corrected chi connectivity index (χ0v) is 8.52. The first-order valence-corrected chi connectivity index (χ1v) is 5.00. The third kappa shape index (κ3) is 1.99. The molecule has 0 spiro atoms. The van der Waals surface area contributed by atoms with Crippen LogP contribution in [0.15, 0.2) is 0 Å². The Morgan fingerprint density at radius 1 is 1.42 bits per heavy atom. The highest BCUT2D eigenvalue weighted by Crippen LogP contribution is 2.35. The van der Waals surface area contributed by atoms with Crippen LogP contribution in [-0.4, -0.2) is 26.3 Å². The molecule has 1 N–H and O–H groups in total. The molecule has 0 atom stereocenters. The Morgan fingerprint density at radius 2 is 2.08 bits per heavy atom. The average Bonchev–Trinajstić information content (AvgIpc) is 1.94. The zero-order valence-electron chi connectivity index (χ0n) is 8.52. The van der Waals surface area contributed by atoms with Crippen LogP contribution in [0.5, 0.6) is 0 Å². The second kappa shape index (κ2) is 4.24. The molecule has 0 amide bonds. The number of hydrogen-bond acceptors (Lipinski definition) is 2. The summed E-state index contributed by atoms with van der Waals surface area (Å²) < 4.78 is 5.39. The molecule has 2 heteroatoms. The lowest BCUT2D eigenvalue weighted by Crippen LogP contribution is -2.56. The van der Waals surface area contributed by atoms with Crippen molar-refractivity contribution in [3.05, 3.63) is 0 Å². The van der Waals surface area contributed by atoms with E-state index in [1.165, 1.54) is 19.5 Å². The molecule has 0 bridgehead atoms. The molecule has 1 fully saturated rings. The van der Waals surface area contributed by atoms with Crippen LogP contribution in [0.25, 0.3) is 0 Å². The molecule has 72 valence electrons. The molecule has 1 aliphatic rings. The Hall–Kier alpha value is -0.0800. The van der Waals surface area contributed by atoms with Gasteiger partial charge >= 0.3 is 0 Å². The minimum absolute atomic E-state index is 0.537. The van der Waals surface area contributed by atoms with E-state index in [0.717, 1.165) is 19.1 Å². The molecule has 12 heavy (non-hydrogen) atoms. The fourth-order valence-electron chi connectivity index (χ4n) is 1.74. The first-order chi connectivity index (χ1) is 5.71. The van der Waals surface area contributed by atoms with Crippen molar-refractivity contribution in [1.82, 2.24) is 5.32 Å². The Balaban J connectivity index is 2.25. The third-order valence-electron chi connectivity index (χ3n) is 3.13. The minimum atomic E-state index is 0.537. The van der Waals surface area contributed by atoms with Crippen molar-refractivity contribution >= 4 is 0 Å². The Labute approximate surface area is 75.7 Å². The monoisotopic (exact) mass is 171 g/mol. The van der Waals surface area contributed by atoms with Crippen LogP contribution in [0.1, 0.15) is 27.2 Å². The van der Waals surface area contributed by atoms with Gasteiger partial charge in [0.05, 0.1) is 0 Å². The van der Waals surface area contributed by atoms with Gasteiger partial charge < -0.3 is 10.1 Å². The van der Waals surface area contributed by atoms with E-state index in [9.17, 15) is 0 Å². The van der Waals surface area contributed by atoms with Gasteiger partial charge in [-0.15, -0.1) is 0 Å². The van der Waals surface area contributed by atoms with Gasteiger partial charge in [-0.05, 0) is 24.7 Å². The lowest BCUT2D eigenvalue weighted by Gasteiger charge is -2.46. The molecule has 0 aromatic carbocycles. The normalized spacial score (nSPS) is 21.0. The fraction of sp³-hybridized carbons (Fsp3) is 1.00. The molecule has 0 aromatic heterocycles. The highest BCUT2D eigenvalue weighted by Gasteiger charge is 2.39. The van der Waals surface area contributed by atoms with Gasteiger partial charge in [-0.2, -0.15) is 0 Å². The summed E-state index contributed by atoms with van der Waals surface area (Å²) in [4.78, 5) is 0. The summed E-state index contributed by atoms with van der Waals surface area (Å²) in [5.41, 5.74) is 0.537. The van der Waals surface area contributed by atoms with Crippen LogP contribution in [0.3, 0.4) is 0 Å². The molecular weight excluding hydrogens is 150 g/mol. The average molecular weight is 171 g/mol. The molecular formula is C10H21NO.